The molecule has 0 aromatic heterocycles. The van der Waals surface area contributed by atoms with Crippen LogP contribution in [0, 0.1) is 0 Å². The molecule has 6 nitrogen and oxygen atoms in total. The number of benzene rings is 1. The van der Waals surface area contributed by atoms with E-state index in [1.165, 1.54) is 4.31 Å². The van der Waals surface area contributed by atoms with E-state index < -0.39 is 10.2 Å². The maximum atomic E-state index is 12.4. The van der Waals surface area contributed by atoms with Gasteiger partial charge in [-0.2, -0.15) is 17.4 Å². The first-order valence-corrected chi connectivity index (χ1v) is 8.61. The molecule has 0 amide bonds. The van der Waals surface area contributed by atoms with Gasteiger partial charge in [0.1, 0.15) is 5.75 Å². The molecule has 0 spiro atoms. The molecule has 1 unspecified atom stereocenters. The molecule has 1 heterocycles. The lowest BCUT2D eigenvalue weighted by Crippen LogP contribution is -2.51. The molecule has 0 aliphatic carbocycles. The van der Waals surface area contributed by atoms with Crippen LogP contribution in [0.5, 0.6) is 5.75 Å². The fourth-order valence-corrected chi connectivity index (χ4v) is 4.08. The number of methoxy groups -OCH3 is 1. The van der Waals surface area contributed by atoms with Crippen LogP contribution in [-0.2, 0) is 16.8 Å². The second kappa shape index (κ2) is 7.22. The van der Waals surface area contributed by atoms with Crippen LogP contribution in [0.2, 0.25) is 0 Å². The van der Waals surface area contributed by atoms with Gasteiger partial charge in [0.15, 0.2) is 0 Å². The van der Waals surface area contributed by atoms with Gasteiger partial charge in [0, 0.05) is 31.2 Å². The standard InChI is InChI=1S/C14H23N3O3S/c1-20-14-8-3-2-6-12(14)11-16-21(18,19)17-9-5-4-7-13(17)10-15/h2-3,6,8,13,16H,4-5,7,9-11,15H2,1H3. The third-order valence-electron chi connectivity index (χ3n) is 3.79. The summed E-state index contributed by atoms with van der Waals surface area (Å²) < 4.78 is 34.3. The van der Waals surface area contributed by atoms with Gasteiger partial charge in [-0.1, -0.05) is 24.6 Å². The molecule has 2 rings (SSSR count). The number of hydrogen-bond acceptors (Lipinski definition) is 4. The highest BCUT2D eigenvalue weighted by Crippen LogP contribution is 2.21. The molecule has 118 valence electrons. The molecular formula is C14H23N3O3S. The number of hydrogen-bond donors (Lipinski definition) is 2. The van der Waals surface area contributed by atoms with Crippen LogP contribution >= 0.6 is 0 Å². The van der Waals surface area contributed by atoms with E-state index in [2.05, 4.69) is 4.72 Å². The fraction of sp³-hybridized carbons (Fsp3) is 0.571. The van der Waals surface area contributed by atoms with Crippen LogP contribution in [0.3, 0.4) is 0 Å². The summed E-state index contributed by atoms with van der Waals surface area (Å²) >= 11 is 0. The first-order chi connectivity index (χ1) is 10.1. The zero-order valence-corrected chi connectivity index (χ0v) is 13.1. The van der Waals surface area contributed by atoms with Crippen LogP contribution in [0.15, 0.2) is 24.3 Å². The molecule has 3 N–H and O–H groups in total. The van der Waals surface area contributed by atoms with Crippen molar-refractivity contribution in [3.8, 4) is 5.75 Å². The third kappa shape index (κ3) is 3.94. The van der Waals surface area contributed by atoms with Gasteiger partial charge in [-0.05, 0) is 18.9 Å². The van der Waals surface area contributed by atoms with Gasteiger partial charge >= 0.3 is 0 Å². The van der Waals surface area contributed by atoms with Crippen LogP contribution in [0.1, 0.15) is 24.8 Å². The van der Waals surface area contributed by atoms with Gasteiger partial charge in [0.25, 0.3) is 10.2 Å². The van der Waals surface area contributed by atoms with E-state index in [4.69, 9.17) is 10.5 Å². The van der Waals surface area contributed by atoms with Crippen molar-refractivity contribution >= 4 is 10.2 Å². The Morgan fingerprint density at radius 3 is 2.86 bits per heavy atom. The first kappa shape index (κ1) is 16.2. The predicted molar refractivity (Wildman–Crippen MR) is 82.2 cm³/mol. The number of nitrogens with one attached hydrogen (secondary N) is 1. The van der Waals surface area contributed by atoms with Gasteiger partial charge < -0.3 is 10.5 Å². The number of nitrogens with zero attached hydrogens (tertiary/aromatic N) is 1. The van der Waals surface area contributed by atoms with Gasteiger partial charge in [0.05, 0.1) is 7.11 Å². The summed E-state index contributed by atoms with van der Waals surface area (Å²) in [6.07, 6.45) is 2.73. The topological polar surface area (TPSA) is 84.7 Å². The third-order valence-corrected chi connectivity index (χ3v) is 5.40. The summed E-state index contributed by atoms with van der Waals surface area (Å²) in [5, 5.41) is 0. The fourth-order valence-electron chi connectivity index (χ4n) is 2.63. The summed E-state index contributed by atoms with van der Waals surface area (Å²) in [4.78, 5) is 0. The largest absolute Gasteiger partial charge is 0.496 e. The quantitative estimate of drug-likeness (QED) is 0.815. The highest BCUT2D eigenvalue weighted by Gasteiger charge is 2.31. The Balaban J connectivity index is 2.07. The second-order valence-electron chi connectivity index (χ2n) is 5.13. The highest BCUT2D eigenvalue weighted by atomic mass is 32.2. The van der Waals surface area contributed by atoms with E-state index in [9.17, 15) is 8.42 Å². The average Bonchev–Trinajstić information content (AvgIpc) is 2.53. The van der Waals surface area contributed by atoms with Crippen molar-refractivity contribution in [2.75, 3.05) is 20.2 Å². The zero-order valence-electron chi connectivity index (χ0n) is 12.3. The Morgan fingerprint density at radius 2 is 2.14 bits per heavy atom. The molecule has 1 saturated heterocycles. The van der Waals surface area contributed by atoms with Crippen molar-refractivity contribution in [2.24, 2.45) is 5.73 Å². The Morgan fingerprint density at radius 1 is 1.38 bits per heavy atom. The lowest BCUT2D eigenvalue weighted by Gasteiger charge is -2.33. The van der Waals surface area contributed by atoms with Crippen LogP contribution in [-0.4, -0.2) is 39.0 Å². The second-order valence-corrected chi connectivity index (χ2v) is 6.84. The number of rotatable bonds is 6. The molecule has 1 fully saturated rings. The molecule has 21 heavy (non-hydrogen) atoms. The number of ether oxygens (including phenoxy) is 1. The Bertz CT molecular complexity index is 562. The molecule has 1 aliphatic rings. The summed E-state index contributed by atoms with van der Waals surface area (Å²) in [7, 11) is -1.95. The van der Waals surface area contributed by atoms with E-state index in [-0.39, 0.29) is 12.6 Å². The monoisotopic (exact) mass is 313 g/mol. The zero-order chi connectivity index (χ0) is 15.3. The highest BCUT2D eigenvalue weighted by molar-refractivity contribution is 7.87. The molecule has 7 heteroatoms. The average molecular weight is 313 g/mol. The van der Waals surface area contributed by atoms with Crippen molar-refractivity contribution < 1.29 is 13.2 Å². The van der Waals surface area contributed by atoms with E-state index in [0.717, 1.165) is 24.8 Å². The molecule has 1 aliphatic heterocycles. The van der Waals surface area contributed by atoms with Crippen LogP contribution in [0.4, 0.5) is 0 Å². The number of piperidine rings is 1. The molecule has 1 aromatic carbocycles. The lowest BCUT2D eigenvalue weighted by atomic mass is 10.1. The minimum atomic E-state index is -3.52. The van der Waals surface area contributed by atoms with Crippen molar-refractivity contribution in [1.82, 2.24) is 9.03 Å². The van der Waals surface area contributed by atoms with Crippen LogP contribution < -0.4 is 15.2 Å². The van der Waals surface area contributed by atoms with Gasteiger partial charge in [-0.3, -0.25) is 0 Å². The van der Waals surface area contributed by atoms with E-state index in [1.807, 2.05) is 24.3 Å². The van der Waals surface area contributed by atoms with Gasteiger partial charge in [-0.15, -0.1) is 0 Å². The maximum Gasteiger partial charge on any atom is 0.280 e. The normalized spacial score (nSPS) is 20.4. The first-order valence-electron chi connectivity index (χ1n) is 7.17. The van der Waals surface area contributed by atoms with Crippen molar-refractivity contribution in [1.29, 1.82) is 0 Å². The van der Waals surface area contributed by atoms with Crippen molar-refractivity contribution in [3.05, 3.63) is 29.8 Å². The minimum absolute atomic E-state index is 0.103. The molecule has 0 radical (unpaired) electrons. The molecule has 0 saturated carbocycles. The Kier molecular flexibility index (Phi) is 5.58. The minimum Gasteiger partial charge on any atom is -0.496 e. The van der Waals surface area contributed by atoms with E-state index >= 15 is 0 Å². The summed E-state index contributed by atoms with van der Waals surface area (Å²) in [6.45, 7) is 1.10. The summed E-state index contributed by atoms with van der Waals surface area (Å²) in [6, 6.07) is 7.27. The predicted octanol–water partition coefficient (Wildman–Crippen LogP) is 0.843. The van der Waals surface area contributed by atoms with Crippen molar-refractivity contribution in [3.63, 3.8) is 0 Å². The van der Waals surface area contributed by atoms with E-state index in [0.29, 0.717) is 18.8 Å². The molecule has 1 aromatic rings. The van der Waals surface area contributed by atoms with Gasteiger partial charge in [-0.25, -0.2) is 0 Å². The van der Waals surface area contributed by atoms with Crippen LogP contribution in [0.25, 0.3) is 0 Å². The SMILES string of the molecule is COc1ccccc1CNS(=O)(=O)N1CCCCC1CN. The van der Waals surface area contributed by atoms with Gasteiger partial charge in [0.2, 0.25) is 0 Å². The van der Waals surface area contributed by atoms with Crippen molar-refractivity contribution in [2.45, 2.75) is 31.8 Å². The maximum absolute atomic E-state index is 12.4. The summed E-state index contributed by atoms with van der Waals surface area (Å²) in [5.41, 5.74) is 6.50. The molecule has 1 atom stereocenters. The lowest BCUT2D eigenvalue weighted by molar-refractivity contribution is 0.254. The smallest absolute Gasteiger partial charge is 0.280 e. The Hall–Kier alpha value is -1.15. The summed E-state index contributed by atoms with van der Waals surface area (Å²) in [5.74, 6) is 0.675. The Labute approximate surface area is 126 Å². The number of para-hydroxylation sites is 1. The molecule has 0 bridgehead atoms. The molecular weight excluding hydrogens is 290 g/mol. The number of nitrogens with two attached hydrogens (primary N) is 1. The van der Waals surface area contributed by atoms with E-state index in [1.54, 1.807) is 7.11 Å².